The Bertz CT molecular complexity index is 1320. The van der Waals surface area contributed by atoms with Gasteiger partial charge in [-0.25, -0.2) is 0 Å². The summed E-state index contributed by atoms with van der Waals surface area (Å²) in [4.78, 5) is 19.7. The lowest BCUT2D eigenvalue weighted by Gasteiger charge is -2.65. The van der Waals surface area contributed by atoms with Gasteiger partial charge in [0.25, 0.3) is 0 Å². The molecule has 2 heterocycles. The van der Waals surface area contributed by atoms with Gasteiger partial charge in [0.1, 0.15) is 12.3 Å². The first-order valence-electron chi connectivity index (χ1n) is 21.3. The Morgan fingerprint density at radius 2 is 1.81 bits per heavy atom. The van der Waals surface area contributed by atoms with Crippen molar-refractivity contribution in [2.24, 2.45) is 68.9 Å². The first kappa shape index (κ1) is 41.6. The summed E-state index contributed by atoms with van der Waals surface area (Å²) in [6.45, 7) is 13.5. The predicted octanol–water partition coefficient (Wildman–Crippen LogP) is 2.31. The van der Waals surface area contributed by atoms with Crippen LogP contribution >= 0.6 is 0 Å². The zero-order valence-corrected chi connectivity index (χ0v) is 33.5. The van der Waals surface area contributed by atoms with E-state index in [2.05, 4.69) is 26.1 Å². The molecule has 4 aliphatic carbocycles. The van der Waals surface area contributed by atoms with Gasteiger partial charge in [-0.1, -0.05) is 40.5 Å². The lowest BCUT2D eigenvalue weighted by Crippen LogP contribution is -2.95. The zero-order valence-electron chi connectivity index (χ0n) is 33.5. The van der Waals surface area contributed by atoms with E-state index in [0.29, 0.717) is 62.2 Å². The lowest BCUT2D eigenvalue weighted by molar-refractivity contribution is -0.703. The second kappa shape index (κ2) is 15.7. The number of nitrogens with zero attached hydrogens (tertiary/aromatic N) is 1. The van der Waals surface area contributed by atoms with Gasteiger partial charge in [-0.3, -0.25) is 15.5 Å². The third kappa shape index (κ3) is 7.35. The Balaban J connectivity index is 1.33. The molecule has 11 heteroatoms. The molecule has 53 heavy (non-hydrogen) atoms. The molecule has 11 nitrogen and oxygen atoms in total. The first-order chi connectivity index (χ1) is 24.9. The number of aliphatic hydroxyl groups excluding tert-OH is 4. The largest absolute Gasteiger partial charge is 0.391 e. The number of fused-ring (bicyclic) bond motifs is 5. The van der Waals surface area contributed by atoms with Crippen molar-refractivity contribution in [3.8, 4) is 0 Å². The van der Waals surface area contributed by atoms with Gasteiger partial charge in [-0.15, -0.1) is 0 Å². The van der Waals surface area contributed by atoms with Crippen LogP contribution in [0.2, 0.25) is 0 Å². The number of aliphatic imine (C=N–C) groups is 1. The number of aliphatic hydroxyl groups is 6. The summed E-state index contributed by atoms with van der Waals surface area (Å²) in [6, 6.07) is 0. The quantitative estimate of drug-likeness (QED) is 0.147. The molecule has 17 atom stereocenters. The monoisotopic (exact) mass is 749 g/mol. The Kier molecular flexibility index (Phi) is 12.3. The number of hydrogen-bond acceptors (Lipinski definition) is 10. The first-order valence-corrected chi connectivity index (χ1v) is 21.3. The summed E-state index contributed by atoms with van der Waals surface area (Å²) in [5, 5.41) is 72.8. The van der Waals surface area contributed by atoms with E-state index in [-0.39, 0.29) is 43.2 Å². The van der Waals surface area contributed by atoms with Crippen LogP contribution in [0.4, 0.5) is 0 Å². The van der Waals surface area contributed by atoms with Gasteiger partial charge in [-0.2, -0.15) is 0 Å². The van der Waals surface area contributed by atoms with Crippen LogP contribution in [0, 0.1) is 58.2 Å². The number of rotatable bonds is 12. The van der Waals surface area contributed by atoms with Crippen LogP contribution in [0.15, 0.2) is 4.99 Å². The maximum atomic E-state index is 14.9. The normalized spacial score (nSPS) is 47.5. The van der Waals surface area contributed by atoms with E-state index in [9.17, 15) is 35.4 Å². The average Bonchev–Trinajstić information content (AvgIpc) is 3.60. The van der Waals surface area contributed by atoms with Gasteiger partial charge in [0.15, 0.2) is 5.78 Å². The molecule has 0 bridgehead atoms. The van der Waals surface area contributed by atoms with E-state index in [1.807, 2.05) is 6.92 Å². The van der Waals surface area contributed by atoms with Crippen LogP contribution in [-0.4, -0.2) is 110 Å². The van der Waals surface area contributed by atoms with Gasteiger partial charge in [0.05, 0.1) is 61.0 Å². The van der Waals surface area contributed by atoms with E-state index in [4.69, 9.17) is 15.5 Å². The molecule has 6 aliphatic rings. The molecule has 2 aliphatic heterocycles. The predicted molar refractivity (Wildman–Crippen MR) is 203 cm³/mol. The molecule has 304 valence electrons. The standard InChI is InChI=1S/C42H73N3O8/c1-23(2)8-7-9-27-22-53-37(25(27)4)38(50)40(6,51)32-14-17-42(52)34-28(13-15-39(32,42)5)41(16-12-26-10-11-33(43)44-21-26)19-31(48)30(47)18-29(41)36(49)35(34)45-20-24(3)46/h23-34,37-38,44,46-48,50-52H,7-22,43H2,1-6H3/p+1. The molecular formula is C42H74N3O8+. The molecule has 0 aromatic carbocycles. The fourth-order valence-corrected chi connectivity index (χ4v) is 13.0. The van der Waals surface area contributed by atoms with Gasteiger partial charge >= 0.3 is 0 Å². The molecule has 17 unspecified atom stereocenters. The molecule has 0 spiro atoms. The number of carbonyl (C=O) groups is 1. The number of carbonyl (C=O) groups excluding carboxylic acids is 1. The second-order valence-electron chi connectivity index (χ2n) is 19.9. The van der Waals surface area contributed by atoms with Crippen LogP contribution in [0.1, 0.15) is 125 Å². The van der Waals surface area contributed by atoms with Crippen molar-refractivity contribution in [3.05, 3.63) is 0 Å². The van der Waals surface area contributed by atoms with Crippen molar-refractivity contribution in [1.29, 1.82) is 0 Å². The van der Waals surface area contributed by atoms with Crippen molar-refractivity contribution in [1.82, 2.24) is 0 Å². The highest BCUT2D eigenvalue weighted by Crippen LogP contribution is 2.70. The molecule has 2 saturated heterocycles. The Labute approximate surface area is 317 Å². The van der Waals surface area contributed by atoms with Crippen molar-refractivity contribution in [2.75, 3.05) is 19.7 Å². The van der Waals surface area contributed by atoms with Crippen LogP contribution in [0.25, 0.3) is 0 Å². The third-order valence-corrected chi connectivity index (χ3v) is 16.2. The maximum Gasteiger partial charge on any atom is 0.180 e. The van der Waals surface area contributed by atoms with Crippen LogP contribution in [-0.2, 0) is 9.53 Å². The second-order valence-corrected chi connectivity index (χ2v) is 19.9. The molecule has 6 fully saturated rings. The zero-order chi connectivity index (χ0) is 38.7. The van der Waals surface area contributed by atoms with E-state index in [0.717, 1.165) is 45.1 Å². The highest BCUT2D eigenvalue weighted by atomic mass is 16.5. The molecule has 10 N–H and O–H groups in total. The number of ketones is 1. The summed E-state index contributed by atoms with van der Waals surface area (Å²) in [5.74, 6) is -0.614. The molecule has 4 saturated carbocycles. The van der Waals surface area contributed by atoms with Gasteiger partial charge < -0.3 is 40.7 Å². The summed E-state index contributed by atoms with van der Waals surface area (Å²) >= 11 is 0. The summed E-state index contributed by atoms with van der Waals surface area (Å²) < 4.78 is 6.27. The van der Waals surface area contributed by atoms with Crippen LogP contribution < -0.4 is 11.1 Å². The number of piperidine rings is 1. The molecule has 0 aromatic heterocycles. The van der Waals surface area contributed by atoms with E-state index >= 15 is 0 Å². The number of quaternary nitrogens is 1. The van der Waals surface area contributed by atoms with Crippen molar-refractivity contribution < 1.29 is 45.5 Å². The SMILES string of the molecule is CC(C)CCCC1COC(C(O)C(C)(O)C2CCC3(O)C4C(=NCC(C)O)C(=O)C5CC(O)C(O)CC5(CCC5CCC(N)[NH2+]C5)C4CCC23C)C1C. The average molecular weight is 749 g/mol. The highest BCUT2D eigenvalue weighted by molar-refractivity contribution is 6.42. The maximum absolute atomic E-state index is 14.9. The van der Waals surface area contributed by atoms with E-state index in [1.54, 1.807) is 13.8 Å². The molecule has 6 rings (SSSR count). The van der Waals surface area contributed by atoms with Gasteiger partial charge in [0, 0.05) is 29.6 Å². The minimum Gasteiger partial charge on any atom is -0.391 e. The summed E-state index contributed by atoms with van der Waals surface area (Å²) in [5.41, 5.74) is 1.99. The Hall–Kier alpha value is -1.02. The molecular weight excluding hydrogens is 674 g/mol. The molecule has 0 aromatic rings. The van der Waals surface area contributed by atoms with Crippen molar-refractivity contribution in [3.63, 3.8) is 0 Å². The van der Waals surface area contributed by atoms with Crippen molar-refractivity contribution in [2.45, 2.75) is 173 Å². The lowest BCUT2D eigenvalue weighted by atomic mass is 9.40. The van der Waals surface area contributed by atoms with Crippen LogP contribution in [0.3, 0.4) is 0 Å². The third-order valence-electron chi connectivity index (χ3n) is 16.2. The number of ether oxygens (including phenoxy) is 1. The van der Waals surface area contributed by atoms with Crippen LogP contribution in [0.5, 0.6) is 0 Å². The minimum absolute atomic E-state index is 0.0231. The van der Waals surface area contributed by atoms with E-state index < -0.39 is 70.3 Å². The van der Waals surface area contributed by atoms with Crippen molar-refractivity contribution >= 4 is 11.5 Å². The van der Waals surface area contributed by atoms with Gasteiger partial charge in [0.2, 0.25) is 0 Å². The van der Waals surface area contributed by atoms with E-state index in [1.165, 1.54) is 0 Å². The van der Waals surface area contributed by atoms with Gasteiger partial charge in [-0.05, 0) is 113 Å². The minimum atomic E-state index is -1.57. The summed E-state index contributed by atoms with van der Waals surface area (Å²) in [6.07, 6.45) is 4.91. The molecule has 0 amide bonds. The topological polar surface area (TPSA) is 203 Å². The number of nitrogens with two attached hydrogens (primary N) is 2. The molecule has 0 radical (unpaired) electrons. The Morgan fingerprint density at radius 3 is 2.47 bits per heavy atom. The number of Topliss-reactive ketones (excluding diaryl/α,β-unsaturated/α-hetero) is 1. The fourth-order valence-electron chi connectivity index (χ4n) is 13.0. The smallest absolute Gasteiger partial charge is 0.180 e. The number of hydrogen-bond donors (Lipinski definition) is 8. The highest BCUT2D eigenvalue weighted by Gasteiger charge is 2.74. The summed E-state index contributed by atoms with van der Waals surface area (Å²) in [7, 11) is 0. The fraction of sp³-hybridized carbons (Fsp3) is 0.952. The Morgan fingerprint density at radius 1 is 1.08 bits per heavy atom.